The third kappa shape index (κ3) is 2.66. The van der Waals surface area contributed by atoms with Crippen molar-refractivity contribution in [2.45, 2.75) is 51.1 Å². The van der Waals surface area contributed by atoms with Crippen molar-refractivity contribution in [1.82, 2.24) is 5.32 Å². The third-order valence-electron chi connectivity index (χ3n) is 4.64. The molecule has 0 bridgehead atoms. The van der Waals surface area contributed by atoms with Gasteiger partial charge in [0.05, 0.1) is 6.04 Å². The van der Waals surface area contributed by atoms with Gasteiger partial charge in [-0.15, -0.1) is 0 Å². The van der Waals surface area contributed by atoms with Gasteiger partial charge in [0.1, 0.15) is 5.75 Å². The Morgan fingerprint density at radius 1 is 1.35 bits per heavy atom. The molecule has 108 valence electrons. The average Bonchev–Trinajstić information content (AvgIpc) is 2.87. The number of benzene rings is 1. The summed E-state index contributed by atoms with van der Waals surface area (Å²) in [6.07, 6.45) is 5.98. The lowest BCUT2D eigenvalue weighted by molar-refractivity contribution is -0.117. The normalized spacial score (nSPS) is 28.9. The van der Waals surface area contributed by atoms with Crippen LogP contribution in [0.15, 0.2) is 18.2 Å². The summed E-state index contributed by atoms with van der Waals surface area (Å²) in [6, 6.07) is 5.61. The molecule has 1 aliphatic heterocycles. The number of hydrogen-bond donors (Lipinski definition) is 3. The number of fused-ring (bicyclic) bond motifs is 1. The Kier molecular flexibility index (Phi) is 3.66. The molecular weight excluding hydrogens is 252 g/mol. The quantitative estimate of drug-likeness (QED) is 0.726. The molecule has 4 nitrogen and oxygen atoms in total. The molecule has 4 heteroatoms. The van der Waals surface area contributed by atoms with Gasteiger partial charge in [0.2, 0.25) is 5.91 Å². The summed E-state index contributed by atoms with van der Waals surface area (Å²) in [4.78, 5) is 12.3. The van der Waals surface area contributed by atoms with Crippen molar-refractivity contribution >= 4 is 11.6 Å². The van der Waals surface area contributed by atoms with Gasteiger partial charge in [0, 0.05) is 11.7 Å². The van der Waals surface area contributed by atoms with Crippen molar-refractivity contribution in [3.05, 3.63) is 23.8 Å². The molecule has 20 heavy (non-hydrogen) atoms. The van der Waals surface area contributed by atoms with Crippen LogP contribution < -0.4 is 10.6 Å². The second-order valence-corrected chi connectivity index (χ2v) is 6.10. The Morgan fingerprint density at radius 2 is 2.15 bits per heavy atom. The third-order valence-corrected chi connectivity index (χ3v) is 4.64. The monoisotopic (exact) mass is 274 g/mol. The minimum absolute atomic E-state index is 0.0458. The minimum Gasteiger partial charge on any atom is -0.508 e. The minimum atomic E-state index is -0.0720. The van der Waals surface area contributed by atoms with Gasteiger partial charge < -0.3 is 15.7 Å². The zero-order valence-corrected chi connectivity index (χ0v) is 11.9. The molecule has 1 amide bonds. The fourth-order valence-corrected chi connectivity index (χ4v) is 3.48. The number of amides is 1. The highest BCUT2D eigenvalue weighted by atomic mass is 16.3. The smallest absolute Gasteiger partial charge is 0.241 e. The van der Waals surface area contributed by atoms with Gasteiger partial charge in [0.25, 0.3) is 0 Å². The number of carbonyl (C=O) groups excluding carboxylic acids is 1. The lowest BCUT2D eigenvalue weighted by Gasteiger charge is -2.24. The predicted octanol–water partition coefficient (Wildman–Crippen LogP) is 2.56. The van der Waals surface area contributed by atoms with E-state index in [-0.39, 0.29) is 17.7 Å². The van der Waals surface area contributed by atoms with Gasteiger partial charge in [-0.3, -0.25) is 4.79 Å². The molecule has 0 spiro atoms. The van der Waals surface area contributed by atoms with Crippen molar-refractivity contribution in [1.29, 1.82) is 0 Å². The Bertz CT molecular complexity index is 501. The van der Waals surface area contributed by atoms with Crippen molar-refractivity contribution < 1.29 is 9.90 Å². The van der Waals surface area contributed by atoms with E-state index in [2.05, 4.69) is 10.6 Å². The van der Waals surface area contributed by atoms with Crippen LogP contribution in [0, 0.1) is 12.8 Å². The summed E-state index contributed by atoms with van der Waals surface area (Å²) in [6.45, 7) is 1.83. The summed E-state index contributed by atoms with van der Waals surface area (Å²) < 4.78 is 0. The van der Waals surface area contributed by atoms with E-state index in [4.69, 9.17) is 0 Å². The summed E-state index contributed by atoms with van der Waals surface area (Å²) in [7, 11) is 0. The van der Waals surface area contributed by atoms with Crippen LogP contribution in [0.5, 0.6) is 5.75 Å². The highest BCUT2D eigenvalue weighted by Gasteiger charge is 2.38. The number of rotatable bonds is 2. The van der Waals surface area contributed by atoms with Crippen LogP contribution in [-0.2, 0) is 4.79 Å². The Balaban J connectivity index is 1.63. The zero-order valence-electron chi connectivity index (χ0n) is 11.9. The standard InChI is InChI=1S/C16H22N2O2/c1-10-8-12(6-7-15(10)19)17-16(20)14-9-11-4-2-3-5-13(11)18-14/h6-8,11,13-14,18-19H,2-5,9H2,1H3,(H,17,20). The molecule has 1 aromatic carbocycles. The summed E-state index contributed by atoms with van der Waals surface area (Å²) in [5.74, 6) is 0.971. The van der Waals surface area contributed by atoms with Crippen LogP contribution >= 0.6 is 0 Å². The number of carbonyl (C=O) groups is 1. The maximum atomic E-state index is 12.3. The number of hydrogen-bond acceptors (Lipinski definition) is 3. The molecule has 1 saturated carbocycles. The zero-order chi connectivity index (χ0) is 14.1. The summed E-state index contributed by atoms with van der Waals surface area (Å²) in [5, 5.41) is 15.9. The molecule has 3 N–H and O–H groups in total. The molecule has 3 unspecified atom stereocenters. The van der Waals surface area contributed by atoms with Crippen molar-refractivity contribution in [3.63, 3.8) is 0 Å². The Hall–Kier alpha value is -1.55. The second-order valence-electron chi connectivity index (χ2n) is 6.10. The van der Waals surface area contributed by atoms with Gasteiger partial charge >= 0.3 is 0 Å². The topological polar surface area (TPSA) is 61.4 Å². The average molecular weight is 274 g/mol. The van der Waals surface area contributed by atoms with E-state index in [1.54, 1.807) is 18.2 Å². The van der Waals surface area contributed by atoms with E-state index in [0.717, 1.165) is 17.7 Å². The van der Waals surface area contributed by atoms with E-state index in [1.807, 2.05) is 6.92 Å². The van der Waals surface area contributed by atoms with E-state index in [9.17, 15) is 9.90 Å². The first-order valence-electron chi connectivity index (χ1n) is 7.50. The predicted molar refractivity (Wildman–Crippen MR) is 78.8 cm³/mol. The van der Waals surface area contributed by atoms with Crippen LogP contribution in [0.25, 0.3) is 0 Å². The van der Waals surface area contributed by atoms with Crippen LogP contribution in [0.2, 0.25) is 0 Å². The molecule has 1 aromatic rings. The lowest BCUT2D eigenvalue weighted by Crippen LogP contribution is -2.39. The molecule has 2 fully saturated rings. The molecule has 1 aliphatic carbocycles. The van der Waals surface area contributed by atoms with Crippen molar-refractivity contribution in [2.75, 3.05) is 5.32 Å². The van der Waals surface area contributed by atoms with Crippen molar-refractivity contribution in [2.24, 2.45) is 5.92 Å². The van der Waals surface area contributed by atoms with Gasteiger partial charge in [0.15, 0.2) is 0 Å². The van der Waals surface area contributed by atoms with Gasteiger partial charge in [-0.25, -0.2) is 0 Å². The molecule has 1 heterocycles. The summed E-state index contributed by atoms with van der Waals surface area (Å²) in [5.41, 5.74) is 1.53. The number of anilines is 1. The first-order valence-corrected chi connectivity index (χ1v) is 7.50. The molecular formula is C16H22N2O2. The first kappa shape index (κ1) is 13.4. The number of aryl methyl sites for hydroxylation is 1. The van der Waals surface area contributed by atoms with Crippen LogP contribution in [0.1, 0.15) is 37.7 Å². The number of aromatic hydroxyl groups is 1. The van der Waals surface area contributed by atoms with Crippen LogP contribution in [0.4, 0.5) is 5.69 Å². The van der Waals surface area contributed by atoms with E-state index < -0.39 is 0 Å². The Morgan fingerprint density at radius 3 is 2.90 bits per heavy atom. The molecule has 0 aromatic heterocycles. The molecule has 3 rings (SSSR count). The second kappa shape index (κ2) is 5.44. The number of phenols is 1. The summed E-state index contributed by atoms with van der Waals surface area (Å²) >= 11 is 0. The SMILES string of the molecule is Cc1cc(NC(=O)C2CC3CCCCC3N2)ccc1O. The molecule has 0 radical (unpaired) electrons. The fourth-order valence-electron chi connectivity index (χ4n) is 3.48. The molecule has 3 atom stereocenters. The van der Waals surface area contributed by atoms with E-state index >= 15 is 0 Å². The Labute approximate surface area is 119 Å². The highest BCUT2D eigenvalue weighted by Crippen LogP contribution is 2.33. The van der Waals surface area contributed by atoms with E-state index in [0.29, 0.717) is 12.0 Å². The van der Waals surface area contributed by atoms with Gasteiger partial charge in [-0.1, -0.05) is 12.8 Å². The highest BCUT2D eigenvalue weighted by molar-refractivity contribution is 5.95. The van der Waals surface area contributed by atoms with Crippen molar-refractivity contribution in [3.8, 4) is 5.75 Å². The molecule has 2 aliphatic rings. The largest absolute Gasteiger partial charge is 0.508 e. The molecule has 1 saturated heterocycles. The number of nitrogens with one attached hydrogen (secondary N) is 2. The maximum absolute atomic E-state index is 12.3. The van der Waals surface area contributed by atoms with Crippen LogP contribution in [0.3, 0.4) is 0 Å². The fraction of sp³-hybridized carbons (Fsp3) is 0.562. The number of phenolic OH excluding ortho intramolecular Hbond substituents is 1. The first-order chi connectivity index (χ1) is 9.63. The maximum Gasteiger partial charge on any atom is 0.241 e. The van der Waals surface area contributed by atoms with Crippen LogP contribution in [-0.4, -0.2) is 23.1 Å². The lowest BCUT2D eigenvalue weighted by atomic mass is 9.85. The van der Waals surface area contributed by atoms with Gasteiger partial charge in [-0.2, -0.15) is 0 Å². The van der Waals surface area contributed by atoms with E-state index in [1.165, 1.54) is 25.7 Å². The van der Waals surface area contributed by atoms with Gasteiger partial charge in [-0.05, 0) is 55.9 Å².